The van der Waals surface area contributed by atoms with Crippen LogP contribution in [-0.2, 0) is 0 Å². The summed E-state index contributed by atoms with van der Waals surface area (Å²) in [7, 11) is -1.38. The lowest BCUT2D eigenvalue weighted by Gasteiger charge is -2.18. The Bertz CT molecular complexity index is 289. The van der Waals surface area contributed by atoms with Gasteiger partial charge in [-0.3, -0.25) is 0 Å². The Morgan fingerprint density at radius 1 is 1.25 bits per heavy atom. The molecule has 0 aliphatic heterocycles. The highest BCUT2D eigenvalue weighted by Gasteiger charge is 2.20. The number of hydrogen-bond acceptors (Lipinski definition) is 0. The maximum atomic E-state index is 6.05. The number of benzene rings is 1. The van der Waals surface area contributed by atoms with Gasteiger partial charge in [-0.25, -0.2) is 0 Å². The second kappa shape index (κ2) is 3.41. The molecule has 12 heavy (non-hydrogen) atoms. The SMILES string of the molecule is C[Si](C)(C)c1[c]ccc(Cl)c1Cl. The smallest absolute Gasteiger partial charge is 0.0804 e. The predicted molar refractivity (Wildman–Crippen MR) is 58.3 cm³/mol. The quantitative estimate of drug-likeness (QED) is 0.634. The van der Waals surface area contributed by atoms with E-state index < -0.39 is 8.07 Å². The van der Waals surface area contributed by atoms with Crippen molar-refractivity contribution in [1.29, 1.82) is 0 Å². The molecule has 3 heteroatoms. The van der Waals surface area contributed by atoms with Gasteiger partial charge < -0.3 is 0 Å². The van der Waals surface area contributed by atoms with Crippen LogP contribution in [0, 0.1) is 6.07 Å². The molecular weight excluding hydrogens is 207 g/mol. The standard InChI is InChI=1S/C9H11Cl2Si/c1-12(2,3)8-6-4-5-7(10)9(8)11/h4-5H,1-3H3. The van der Waals surface area contributed by atoms with Gasteiger partial charge >= 0.3 is 0 Å². The minimum atomic E-state index is -1.38. The molecule has 0 unspecified atom stereocenters. The normalized spacial score (nSPS) is 11.8. The molecule has 0 saturated heterocycles. The van der Waals surface area contributed by atoms with E-state index in [9.17, 15) is 0 Å². The number of hydrogen-bond donors (Lipinski definition) is 0. The molecule has 1 radical (unpaired) electrons. The van der Waals surface area contributed by atoms with Gasteiger partial charge in [0.15, 0.2) is 0 Å². The van der Waals surface area contributed by atoms with E-state index in [1.54, 1.807) is 6.07 Å². The largest absolute Gasteiger partial charge is 0.0828 e. The molecule has 1 rings (SSSR count). The van der Waals surface area contributed by atoms with Crippen LogP contribution in [0.1, 0.15) is 0 Å². The first-order valence-electron chi connectivity index (χ1n) is 3.79. The van der Waals surface area contributed by atoms with Gasteiger partial charge in [0, 0.05) is 0 Å². The third-order valence-electron chi connectivity index (χ3n) is 1.64. The molecule has 1 aromatic rings. The summed E-state index contributed by atoms with van der Waals surface area (Å²) in [6, 6.07) is 6.77. The summed E-state index contributed by atoms with van der Waals surface area (Å²) < 4.78 is 0. The molecule has 0 amide bonds. The molecule has 0 aliphatic carbocycles. The van der Waals surface area contributed by atoms with Crippen molar-refractivity contribution < 1.29 is 0 Å². The van der Waals surface area contributed by atoms with Crippen LogP contribution in [0.4, 0.5) is 0 Å². The Balaban J connectivity index is 3.26. The van der Waals surface area contributed by atoms with Gasteiger partial charge in [-0.05, 0) is 17.3 Å². The van der Waals surface area contributed by atoms with Gasteiger partial charge in [0.1, 0.15) is 0 Å². The number of halogens is 2. The van der Waals surface area contributed by atoms with Crippen molar-refractivity contribution in [2.75, 3.05) is 0 Å². The molecule has 0 nitrogen and oxygen atoms in total. The fourth-order valence-electron chi connectivity index (χ4n) is 1.000. The van der Waals surface area contributed by atoms with Gasteiger partial charge in [-0.15, -0.1) is 0 Å². The van der Waals surface area contributed by atoms with E-state index in [2.05, 4.69) is 25.7 Å². The second-order valence-corrected chi connectivity index (χ2v) is 9.55. The summed E-state index contributed by atoms with van der Waals surface area (Å²) in [5.74, 6) is 0. The lowest BCUT2D eigenvalue weighted by atomic mass is 10.4. The first kappa shape index (κ1) is 10.1. The molecule has 0 N–H and O–H groups in total. The number of rotatable bonds is 1. The molecule has 65 valence electrons. The molecule has 0 fully saturated rings. The van der Waals surface area contributed by atoms with E-state index in [0.29, 0.717) is 10.0 Å². The van der Waals surface area contributed by atoms with E-state index in [-0.39, 0.29) is 0 Å². The highest BCUT2D eigenvalue weighted by molar-refractivity contribution is 6.90. The highest BCUT2D eigenvalue weighted by atomic mass is 35.5. The van der Waals surface area contributed by atoms with E-state index in [0.717, 1.165) is 5.19 Å². The van der Waals surface area contributed by atoms with E-state index in [1.165, 1.54) is 0 Å². The van der Waals surface area contributed by atoms with Crippen LogP contribution in [0.3, 0.4) is 0 Å². The Morgan fingerprint density at radius 3 is 2.25 bits per heavy atom. The zero-order valence-electron chi connectivity index (χ0n) is 7.41. The zero-order chi connectivity index (χ0) is 9.35. The average Bonchev–Trinajstić information content (AvgIpc) is 1.92. The molecule has 0 atom stereocenters. The predicted octanol–water partition coefficient (Wildman–Crippen LogP) is 3.34. The maximum Gasteiger partial charge on any atom is 0.0804 e. The molecule has 0 saturated carbocycles. The van der Waals surface area contributed by atoms with Crippen molar-refractivity contribution in [3.8, 4) is 0 Å². The fourth-order valence-corrected chi connectivity index (χ4v) is 3.51. The topological polar surface area (TPSA) is 0 Å². The Labute approximate surface area is 84.5 Å². The molecule has 0 heterocycles. The van der Waals surface area contributed by atoms with Crippen LogP contribution in [0.25, 0.3) is 0 Å². The van der Waals surface area contributed by atoms with Crippen molar-refractivity contribution >= 4 is 36.5 Å². The van der Waals surface area contributed by atoms with Crippen molar-refractivity contribution in [2.24, 2.45) is 0 Å². The molecule has 0 spiro atoms. The molecule has 0 aromatic heterocycles. The Hall–Kier alpha value is 0.0169. The van der Waals surface area contributed by atoms with Crippen molar-refractivity contribution in [3.05, 3.63) is 28.2 Å². The van der Waals surface area contributed by atoms with Crippen LogP contribution < -0.4 is 5.19 Å². The summed E-state index contributed by atoms with van der Waals surface area (Å²) in [4.78, 5) is 0. The van der Waals surface area contributed by atoms with Crippen LogP contribution >= 0.6 is 23.2 Å². The third-order valence-corrected chi connectivity index (χ3v) is 4.49. The molecule has 1 aromatic carbocycles. The Morgan fingerprint density at radius 2 is 1.83 bits per heavy atom. The van der Waals surface area contributed by atoms with Crippen molar-refractivity contribution in [2.45, 2.75) is 19.6 Å². The lowest BCUT2D eigenvalue weighted by molar-refractivity contribution is 1.66. The summed E-state index contributed by atoms with van der Waals surface area (Å²) in [5.41, 5.74) is 0. The van der Waals surface area contributed by atoms with Crippen molar-refractivity contribution in [1.82, 2.24) is 0 Å². The maximum absolute atomic E-state index is 6.05. The molecule has 0 aliphatic rings. The van der Waals surface area contributed by atoms with Crippen LogP contribution in [-0.4, -0.2) is 8.07 Å². The first-order valence-corrected chi connectivity index (χ1v) is 8.04. The molecular formula is C9H11Cl2Si. The highest BCUT2D eigenvalue weighted by Crippen LogP contribution is 2.21. The summed E-state index contributed by atoms with van der Waals surface area (Å²) in [6.07, 6.45) is 0. The average molecular weight is 218 g/mol. The van der Waals surface area contributed by atoms with Gasteiger partial charge in [0.2, 0.25) is 0 Å². The summed E-state index contributed by atoms with van der Waals surface area (Å²) in [6.45, 7) is 6.67. The fraction of sp³-hybridized carbons (Fsp3) is 0.333. The minimum Gasteiger partial charge on any atom is -0.0828 e. The minimum absolute atomic E-state index is 0.632. The lowest BCUT2D eigenvalue weighted by Crippen LogP contribution is -2.38. The van der Waals surface area contributed by atoms with Crippen LogP contribution in [0.2, 0.25) is 29.7 Å². The summed E-state index contributed by atoms with van der Waals surface area (Å²) in [5, 5.41) is 2.42. The molecule has 0 bridgehead atoms. The first-order chi connectivity index (χ1) is 5.43. The van der Waals surface area contributed by atoms with Gasteiger partial charge in [0.25, 0.3) is 0 Å². The van der Waals surface area contributed by atoms with Gasteiger partial charge in [0.05, 0.1) is 18.1 Å². The van der Waals surface area contributed by atoms with Crippen molar-refractivity contribution in [3.63, 3.8) is 0 Å². The van der Waals surface area contributed by atoms with E-state index >= 15 is 0 Å². The second-order valence-electron chi connectivity index (χ2n) is 3.76. The monoisotopic (exact) mass is 217 g/mol. The van der Waals surface area contributed by atoms with Gasteiger partial charge in [-0.2, -0.15) is 0 Å². The third kappa shape index (κ3) is 2.03. The van der Waals surface area contributed by atoms with E-state index in [1.807, 2.05) is 6.07 Å². The Kier molecular flexibility index (Phi) is 2.87. The summed E-state index contributed by atoms with van der Waals surface area (Å²) >= 11 is 11.9. The zero-order valence-corrected chi connectivity index (χ0v) is 9.92. The van der Waals surface area contributed by atoms with Gasteiger partial charge in [-0.1, -0.05) is 48.9 Å². The van der Waals surface area contributed by atoms with Crippen LogP contribution in [0.15, 0.2) is 12.1 Å². The van der Waals surface area contributed by atoms with E-state index in [4.69, 9.17) is 23.2 Å². The van der Waals surface area contributed by atoms with Crippen LogP contribution in [0.5, 0.6) is 0 Å².